The molecule has 16 heavy (non-hydrogen) atoms. The van der Waals surface area contributed by atoms with Gasteiger partial charge in [-0.25, -0.2) is 0 Å². The maximum Gasteiger partial charge on any atom is 0.160 e. The van der Waals surface area contributed by atoms with E-state index in [2.05, 4.69) is 36.1 Å². The summed E-state index contributed by atoms with van der Waals surface area (Å²) in [6.07, 6.45) is 1.03. The molecular weight excluding hydrogens is 200 g/mol. The summed E-state index contributed by atoms with van der Waals surface area (Å²) in [5, 5.41) is 0. The van der Waals surface area contributed by atoms with Gasteiger partial charge < -0.3 is 5.73 Å². The van der Waals surface area contributed by atoms with Gasteiger partial charge in [0.15, 0.2) is 5.78 Å². The van der Waals surface area contributed by atoms with Crippen LogP contribution in [0, 0.1) is 0 Å². The molecular formula is C13H18N2O. The molecule has 0 saturated heterocycles. The number of benzene rings is 1. The lowest BCUT2D eigenvalue weighted by molar-refractivity contribution is -0.119. The molecule has 0 saturated carbocycles. The maximum absolute atomic E-state index is 11.4. The minimum absolute atomic E-state index is 0.117. The predicted molar refractivity (Wildman–Crippen MR) is 64.2 cm³/mol. The minimum Gasteiger partial charge on any atom is -0.324 e. The van der Waals surface area contributed by atoms with Crippen molar-refractivity contribution in [3.8, 4) is 0 Å². The first-order valence-electron chi connectivity index (χ1n) is 5.76. The Morgan fingerprint density at radius 3 is 3.00 bits per heavy atom. The summed E-state index contributed by atoms with van der Waals surface area (Å²) in [6, 6.07) is 8.78. The molecule has 0 aliphatic carbocycles. The van der Waals surface area contributed by atoms with Gasteiger partial charge in [0.1, 0.15) is 0 Å². The Bertz CT molecular complexity index is 389. The summed E-state index contributed by atoms with van der Waals surface area (Å²) >= 11 is 0. The molecule has 0 spiro atoms. The number of hydrogen-bond acceptors (Lipinski definition) is 3. The topological polar surface area (TPSA) is 46.3 Å². The average molecular weight is 218 g/mol. The molecule has 3 nitrogen and oxygen atoms in total. The van der Waals surface area contributed by atoms with Crippen molar-refractivity contribution in [3.63, 3.8) is 0 Å². The van der Waals surface area contributed by atoms with E-state index in [0.717, 1.165) is 13.0 Å². The highest BCUT2D eigenvalue weighted by Gasteiger charge is 2.24. The lowest BCUT2D eigenvalue weighted by Gasteiger charge is -2.34. The highest BCUT2D eigenvalue weighted by molar-refractivity contribution is 5.82. The van der Waals surface area contributed by atoms with Crippen LogP contribution in [0.4, 0.5) is 0 Å². The van der Waals surface area contributed by atoms with Crippen LogP contribution < -0.4 is 5.73 Å². The Hall–Kier alpha value is -1.19. The van der Waals surface area contributed by atoms with E-state index in [-0.39, 0.29) is 12.3 Å². The third-order valence-corrected chi connectivity index (χ3v) is 3.33. The Labute approximate surface area is 96.2 Å². The average Bonchev–Trinajstić information content (AvgIpc) is 2.33. The quantitative estimate of drug-likeness (QED) is 0.827. The van der Waals surface area contributed by atoms with Gasteiger partial charge in [-0.05, 0) is 24.5 Å². The zero-order valence-corrected chi connectivity index (χ0v) is 9.65. The molecule has 2 rings (SSSR count). The van der Waals surface area contributed by atoms with Crippen LogP contribution in [-0.2, 0) is 11.2 Å². The molecule has 1 unspecified atom stereocenters. The Kier molecular flexibility index (Phi) is 3.36. The molecule has 3 heteroatoms. The van der Waals surface area contributed by atoms with E-state index < -0.39 is 0 Å². The fraction of sp³-hybridized carbons (Fsp3) is 0.462. The third kappa shape index (κ3) is 2.15. The number of carbonyl (C=O) groups excluding carboxylic acids is 1. The second kappa shape index (κ2) is 4.76. The molecule has 86 valence electrons. The van der Waals surface area contributed by atoms with Gasteiger partial charge in [-0.15, -0.1) is 0 Å². The fourth-order valence-electron chi connectivity index (χ4n) is 2.33. The summed E-state index contributed by atoms with van der Waals surface area (Å²) in [6.45, 7) is 3.72. The predicted octanol–water partition coefficient (Wildman–Crippen LogP) is 1.13. The number of rotatable bonds is 3. The molecule has 1 aliphatic rings. The molecule has 1 aromatic carbocycles. The Balaban J connectivity index is 2.15. The van der Waals surface area contributed by atoms with Gasteiger partial charge in [-0.3, -0.25) is 9.69 Å². The molecule has 0 bridgehead atoms. The zero-order valence-electron chi connectivity index (χ0n) is 9.65. The van der Waals surface area contributed by atoms with Crippen LogP contribution in [-0.4, -0.2) is 30.3 Å². The van der Waals surface area contributed by atoms with Crippen LogP contribution in [0.3, 0.4) is 0 Å². The van der Waals surface area contributed by atoms with E-state index in [0.29, 0.717) is 12.6 Å². The van der Waals surface area contributed by atoms with E-state index >= 15 is 0 Å². The highest BCUT2D eigenvalue weighted by atomic mass is 16.1. The zero-order chi connectivity index (χ0) is 11.5. The van der Waals surface area contributed by atoms with Crippen LogP contribution in [0.1, 0.15) is 24.1 Å². The van der Waals surface area contributed by atoms with E-state index in [1.165, 1.54) is 11.1 Å². The van der Waals surface area contributed by atoms with Crippen molar-refractivity contribution in [2.24, 2.45) is 5.73 Å². The summed E-state index contributed by atoms with van der Waals surface area (Å²) < 4.78 is 0. The summed E-state index contributed by atoms with van der Waals surface area (Å²) in [5.41, 5.74) is 8.11. The molecule has 0 amide bonds. The van der Waals surface area contributed by atoms with E-state index in [1.54, 1.807) is 0 Å². The molecule has 1 atom stereocenters. The highest BCUT2D eigenvalue weighted by Crippen LogP contribution is 2.28. The number of fused-ring (bicyclic) bond motifs is 1. The van der Waals surface area contributed by atoms with Gasteiger partial charge in [0, 0.05) is 12.6 Å². The van der Waals surface area contributed by atoms with Crippen LogP contribution in [0.15, 0.2) is 24.3 Å². The normalized spacial score (nSPS) is 20.5. The van der Waals surface area contributed by atoms with Crippen molar-refractivity contribution in [2.75, 3.05) is 19.6 Å². The van der Waals surface area contributed by atoms with Crippen LogP contribution >= 0.6 is 0 Å². The largest absolute Gasteiger partial charge is 0.324 e. The number of ketones is 1. The lowest BCUT2D eigenvalue weighted by atomic mass is 9.93. The molecule has 0 radical (unpaired) electrons. The molecule has 0 aromatic heterocycles. The maximum atomic E-state index is 11.4. The molecule has 2 N–H and O–H groups in total. The first-order valence-corrected chi connectivity index (χ1v) is 5.76. The number of nitrogens with two attached hydrogens (primary N) is 1. The molecule has 1 aliphatic heterocycles. The van der Waals surface area contributed by atoms with Gasteiger partial charge in [0.2, 0.25) is 0 Å². The fourth-order valence-corrected chi connectivity index (χ4v) is 2.33. The van der Waals surface area contributed by atoms with Gasteiger partial charge in [0.05, 0.1) is 13.1 Å². The van der Waals surface area contributed by atoms with Crippen LogP contribution in [0.25, 0.3) is 0 Å². The monoisotopic (exact) mass is 218 g/mol. The second-order valence-electron chi connectivity index (χ2n) is 4.34. The van der Waals surface area contributed by atoms with Gasteiger partial charge in [-0.1, -0.05) is 24.3 Å². The Morgan fingerprint density at radius 1 is 1.50 bits per heavy atom. The molecule has 0 fully saturated rings. The number of carbonyl (C=O) groups is 1. The molecule has 1 aromatic rings. The summed E-state index contributed by atoms with van der Waals surface area (Å²) in [5.74, 6) is 0.117. The first-order chi connectivity index (χ1) is 7.72. The van der Waals surface area contributed by atoms with Crippen molar-refractivity contribution in [3.05, 3.63) is 35.4 Å². The van der Waals surface area contributed by atoms with Gasteiger partial charge in [0.25, 0.3) is 0 Å². The lowest BCUT2D eigenvalue weighted by Crippen LogP contribution is -2.39. The van der Waals surface area contributed by atoms with E-state index in [1.807, 2.05) is 0 Å². The van der Waals surface area contributed by atoms with E-state index in [9.17, 15) is 4.79 Å². The van der Waals surface area contributed by atoms with E-state index in [4.69, 9.17) is 5.73 Å². The third-order valence-electron chi connectivity index (χ3n) is 3.33. The minimum atomic E-state index is 0.117. The van der Waals surface area contributed by atoms with Crippen molar-refractivity contribution in [1.82, 2.24) is 4.90 Å². The second-order valence-corrected chi connectivity index (χ2v) is 4.34. The standard InChI is InChI=1S/C13H18N2O/c1-10-13-5-3-2-4-11(13)6-7-15(10)9-12(16)8-14/h2-5,10H,6-9,14H2,1H3. The first kappa shape index (κ1) is 11.3. The van der Waals surface area contributed by atoms with Crippen molar-refractivity contribution in [2.45, 2.75) is 19.4 Å². The smallest absolute Gasteiger partial charge is 0.160 e. The van der Waals surface area contributed by atoms with Crippen molar-refractivity contribution in [1.29, 1.82) is 0 Å². The number of Topliss-reactive ketones (excluding diaryl/α,β-unsaturated/α-hetero) is 1. The molecule has 1 heterocycles. The van der Waals surface area contributed by atoms with Gasteiger partial charge >= 0.3 is 0 Å². The summed E-state index contributed by atoms with van der Waals surface area (Å²) in [4.78, 5) is 13.6. The van der Waals surface area contributed by atoms with Crippen LogP contribution in [0.5, 0.6) is 0 Å². The van der Waals surface area contributed by atoms with Crippen molar-refractivity contribution < 1.29 is 4.79 Å². The van der Waals surface area contributed by atoms with Crippen molar-refractivity contribution >= 4 is 5.78 Å². The number of nitrogens with zero attached hydrogens (tertiary/aromatic N) is 1. The summed E-state index contributed by atoms with van der Waals surface area (Å²) in [7, 11) is 0. The number of hydrogen-bond donors (Lipinski definition) is 1. The Morgan fingerprint density at radius 2 is 2.25 bits per heavy atom. The van der Waals surface area contributed by atoms with Crippen LogP contribution in [0.2, 0.25) is 0 Å². The SMILES string of the molecule is CC1c2ccccc2CCN1CC(=O)CN. The van der Waals surface area contributed by atoms with Gasteiger partial charge in [-0.2, -0.15) is 0 Å².